The molecule has 0 aliphatic heterocycles. The maximum Gasteiger partial charge on any atom is 0.325 e. The van der Waals surface area contributed by atoms with Crippen molar-refractivity contribution < 1.29 is 9.53 Å². The molecule has 2 N–H and O–H groups in total. The van der Waals surface area contributed by atoms with E-state index in [2.05, 4.69) is 20.0 Å². The number of nitrogens with zero attached hydrogens (tertiary/aromatic N) is 2. The fourth-order valence-electron chi connectivity index (χ4n) is 1.45. The number of hydrogen-bond acceptors (Lipinski definition) is 5. The van der Waals surface area contributed by atoms with Crippen LogP contribution in [0.5, 0.6) is 5.75 Å². The summed E-state index contributed by atoms with van der Waals surface area (Å²) >= 11 is 1.14. The van der Waals surface area contributed by atoms with E-state index in [4.69, 9.17) is 4.74 Å². The Labute approximate surface area is 115 Å². The number of carbonyl (C=O) groups is 1. The Morgan fingerprint density at radius 1 is 1.37 bits per heavy atom. The fourth-order valence-corrected chi connectivity index (χ4v) is 2.02. The first kappa shape index (κ1) is 13.3. The van der Waals surface area contributed by atoms with Gasteiger partial charge in [-0.15, -0.1) is 0 Å². The van der Waals surface area contributed by atoms with Crippen molar-refractivity contribution in [2.24, 2.45) is 0 Å². The summed E-state index contributed by atoms with van der Waals surface area (Å²) in [6.07, 6.45) is 0. The first-order valence-corrected chi connectivity index (χ1v) is 6.56. The quantitative estimate of drug-likeness (QED) is 0.901. The average molecular weight is 278 g/mol. The highest BCUT2D eigenvalue weighted by molar-refractivity contribution is 7.09. The third kappa shape index (κ3) is 3.65. The van der Waals surface area contributed by atoms with Crippen molar-refractivity contribution in [3.05, 3.63) is 30.1 Å². The van der Waals surface area contributed by atoms with Gasteiger partial charge in [0.25, 0.3) is 0 Å². The van der Waals surface area contributed by atoms with Gasteiger partial charge >= 0.3 is 6.03 Å². The number of carbonyl (C=O) groups excluding carboxylic acids is 1. The fraction of sp³-hybridized carbons (Fsp3) is 0.250. The highest BCUT2D eigenvalue weighted by Gasteiger charge is 2.09. The molecule has 19 heavy (non-hydrogen) atoms. The van der Waals surface area contributed by atoms with Crippen LogP contribution in [0.1, 0.15) is 12.7 Å². The summed E-state index contributed by atoms with van der Waals surface area (Å²) < 4.78 is 9.41. The molecule has 2 rings (SSSR count). The van der Waals surface area contributed by atoms with Crippen LogP contribution in [-0.2, 0) is 0 Å². The van der Waals surface area contributed by atoms with Crippen LogP contribution in [-0.4, -0.2) is 22.0 Å². The van der Waals surface area contributed by atoms with Crippen molar-refractivity contribution >= 4 is 28.4 Å². The van der Waals surface area contributed by atoms with E-state index in [9.17, 15) is 4.79 Å². The largest absolute Gasteiger partial charge is 0.492 e. The van der Waals surface area contributed by atoms with Crippen molar-refractivity contribution in [1.82, 2.24) is 9.36 Å². The third-order valence-corrected chi connectivity index (χ3v) is 2.90. The minimum atomic E-state index is -0.372. The van der Waals surface area contributed by atoms with Gasteiger partial charge in [0.05, 0.1) is 12.3 Å². The number of amides is 2. The monoisotopic (exact) mass is 278 g/mol. The molecule has 1 aromatic heterocycles. The number of nitrogens with one attached hydrogen (secondary N) is 2. The molecular weight excluding hydrogens is 264 g/mol. The van der Waals surface area contributed by atoms with E-state index in [1.807, 2.05) is 19.1 Å². The lowest BCUT2D eigenvalue weighted by molar-refractivity contribution is 0.262. The molecule has 2 amide bonds. The van der Waals surface area contributed by atoms with Crippen LogP contribution in [0.15, 0.2) is 24.3 Å². The van der Waals surface area contributed by atoms with Crippen LogP contribution in [0, 0.1) is 6.92 Å². The SMILES string of the molecule is CCOc1ccccc1NC(=O)Nc1nc(C)ns1. The third-order valence-electron chi connectivity index (χ3n) is 2.18. The molecule has 1 heterocycles. The Morgan fingerprint density at radius 2 is 2.16 bits per heavy atom. The summed E-state index contributed by atoms with van der Waals surface area (Å²) in [4.78, 5) is 15.9. The number of ether oxygens (including phenoxy) is 1. The smallest absolute Gasteiger partial charge is 0.325 e. The van der Waals surface area contributed by atoms with E-state index >= 15 is 0 Å². The lowest BCUT2D eigenvalue weighted by Crippen LogP contribution is -2.19. The first-order chi connectivity index (χ1) is 9.19. The van der Waals surface area contributed by atoms with Crippen molar-refractivity contribution in [2.75, 3.05) is 17.2 Å². The van der Waals surface area contributed by atoms with Crippen LogP contribution < -0.4 is 15.4 Å². The van der Waals surface area contributed by atoms with E-state index in [1.54, 1.807) is 19.1 Å². The lowest BCUT2D eigenvalue weighted by Gasteiger charge is -2.10. The zero-order valence-electron chi connectivity index (χ0n) is 10.6. The summed E-state index contributed by atoms with van der Waals surface area (Å²) in [7, 11) is 0. The number of para-hydroxylation sites is 2. The van der Waals surface area contributed by atoms with E-state index in [1.165, 1.54) is 0 Å². The molecule has 0 saturated carbocycles. The second-order valence-electron chi connectivity index (χ2n) is 3.66. The minimum absolute atomic E-state index is 0.372. The van der Waals surface area contributed by atoms with Gasteiger partial charge in [0.2, 0.25) is 5.13 Å². The molecule has 0 unspecified atom stereocenters. The summed E-state index contributed by atoms with van der Waals surface area (Å²) in [6, 6.07) is 6.88. The van der Waals surface area contributed by atoms with Gasteiger partial charge in [0, 0.05) is 11.5 Å². The van der Waals surface area contributed by atoms with Gasteiger partial charge in [-0.3, -0.25) is 5.32 Å². The molecule has 0 spiro atoms. The number of anilines is 2. The molecule has 0 saturated heterocycles. The van der Waals surface area contributed by atoms with Gasteiger partial charge < -0.3 is 10.1 Å². The van der Waals surface area contributed by atoms with Crippen LogP contribution in [0.25, 0.3) is 0 Å². The van der Waals surface area contributed by atoms with E-state index in [0.29, 0.717) is 29.0 Å². The van der Waals surface area contributed by atoms with Gasteiger partial charge in [-0.2, -0.15) is 4.37 Å². The molecular formula is C12H14N4O2S. The van der Waals surface area contributed by atoms with E-state index in [0.717, 1.165) is 11.5 Å². The molecule has 0 bridgehead atoms. The zero-order chi connectivity index (χ0) is 13.7. The predicted octanol–water partition coefficient (Wildman–Crippen LogP) is 2.89. The second-order valence-corrected chi connectivity index (χ2v) is 4.41. The van der Waals surface area contributed by atoms with Gasteiger partial charge in [0.15, 0.2) is 0 Å². The molecule has 1 aromatic carbocycles. The molecule has 0 fully saturated rings. The highest BCUT2D eigenvalue weighted by Crippen LogP contribution is 2.23. The maximum atomic E-state index is 11.8. The normalized spacial score (nSPS) is 10.0. The Morgan fingerprint density at radius 3 is 2.84 bits per heavy atom. The van der Waals surface area contributed by atoms with Gasteiger partial charge in [-0.1, -0.05) is 12.1 Å². The maximum absolute atomic E-state index is 11.8. The number of rotatable bonds is 4. The zero-order valence-corrected chi connectivity index (χ0v) is 11.5. The Kier molecular flexibility index (Phi) is 4.30. The molecule has 0 radical (unpaired) electrons. The van der Waals surface area contributed by atoms with Crippen molar-refractivity contribution in [2.45, 2.75) is 13.8 Å². The summed E-state index contributed by atoms with van der Waals surface area (Å²) in [5.41, 5.74) is 0.614. The standard InChI is InChI=1S/C12H14N4O2S/c1-3-18-10-7-5-4-6-9(10)14-11(17)15-12-13-8(2)16-19-12/h4-7H,3H2,1-2H3,(H2,13,14,15,16,17). The van der Waals surface area contributed by atoms with Crippen LogP contribution in [0.3, 0.4) is 0 Å². The second kappa shape index (κ2) is 6.14. The number of aromatic nitrogens is 2. The number of hydrogen-bond donors (Lipinski definition) is 2. The predicted molar refractivity (Wildman–Crippen MR) is 74.9 cm³/mol. The van der Waals surface area contributed by atoms with Gasteiger partial charge in [-0.05, 0) is 26.0 Å². The van der Waals surface area contributed by atoms with Crippen molar-refractivity contribution in [3.63, 3.8) is 0 Å². The topological polar surface area (TPSA) is 76.1 Å². The number of aryl methyl sites for hydroxylation is 1. The van der Waals surface area contributed by atoms with Crippen LogP contribution in [0.2, 0.25) is 0 Å². The molecule has 100 valence electrons. The number of benzene rings is 1. The molecule has 0 atom stereocenters. The first-order valence-electron chi connectivity index (χ1n) is 5.79. The highest BCUT2D eigenvalue weighted by atomic mass is 32.1. The Balaban J connectivity index is 2.02. The van der Waals surface area contributed by atoms with E-state index in [-0.39, 0.29) is 6.03 Å². The summed E-state index contributed by atoms with van der Waals surface area (Å²) in [5.74, 6) is 1.27. The summed E-state index contributed by atoms with van der Waals surface area (Å²) in [6.45, 7) is 4.20. The molecule has 0 aliphatic rings. The number of urea groups is 1. The molecule has 0 aliphatic carbocycles. The van der Waals surface area contributed by atoms with Gasteiger partial charge in [0.1, 0.15) is 11.6 Å². The van der Waals surface area contributed by atoms with Crippen molar-refractivity contribution in [3.8, 4) is 5.75 Å². The molecule has 6 nitrogen and oxygen atoms in total. The van der Waals surface area contributed by atoms with Gasteiger partial charge in [-0.25, -0.2) is 9.78 Å². The molecule has 7 heteroatoms. The van der Waals surface area contributed by atoms with Crippen molar-refractivity contribution in [1.29, 1.82) is 0 Å². The van der Waals surface area contributed by atoms with E-state index < -0.39 is 0 Å². The molecule has 2 aromatic rings. The minimum Gasteiger partial charge on any atom is -0.492 e. The van der Waals surface area contributed by atoms with Crippen LogP contribution >= 0.6 is 11.5 Å². The average Bonchev–Trinajstić information content (AvgIpc) is 2.77. The Bertz CT molecular complexity index is 570. The Hall–Kier alpha value is -2.15. The summed E-state index contributed by atoms with van der Waals surface area (Å²) in [5, 5.41) is 5.80. The van der Waals surface area contributed by atoms with Crippen LogP contribution in [0.4, 0.5) is 15.6 Å². The lowest BCUT2D eigenvalue weighted by atomic mass is 10.3.